The minimum Gasteiger partial charge on any atom is -0.352 e. The van der Waals surface area contributed by atoms with Crippen LogP contribution >= 0.6 is 0 Å². The van der Waals surface area contributed by atoms with Crippen LogP contribution in [0.1, 0.15) is 29.9 Å². The molecule has 0 atom stereocenters. The molecule has 23 heavy (non-hydrogen) atoms. The molecule has 0 aliphatic heterocycles. The zero-order valence-corrected chi connectivity index (χ0v) is 12.5. The third-order valence-corrected chi connectivity index (χ3v) is 2.78. The van der Waals surface area contributed by atoms with Crippen molar-refractivity contribution >= 4 is 17.5 Å². The van der Waals surface area contributed by atoms with E-state index in [0.717, 1.165) is 12.1 Å². The predicted octanol–water partition coefficient (Wildman–Crippen LogP) is 3.57. The average molecular weight is 324 g/mol. The fraction of sp³-hybridized carbons (Fsp3) is 0.267. The minimum atomic E-state index is -4.41. The molecule has 8 heteroatoms. The fourth-order valence-electron chi connectivity index (χ4n) is 1.75. The molecule has 0 bridgehead atoms. The summed E-state index contributed by atoms with van der Waals surface area (Å²) in [6.07, 6.45) is -2.98. The zero-order valence-electron chi connectivity index (χ0n) is 12.5. The summed E-state index contributed by atoms with van der Waals surface area (Å²) in [5.74, 6) is -0.223. The molecular formula is C15H15F3N4O. The van der Waals surface area contributed by atoms with Crippen molar-refractivity contribution in [2.24, 2.45) is 0 Å². The van der Waals surface area contributed by atoms with Gasteiger partial charge in [-0.3, -0.25) is 4.79 Å². The van der Waals surface area contributed by atoms with Gasteiger partial charge in [-0.2, -0.15) is 13.2 Å². The van der Waals surface area contributed by atoms with Crippen LogP contribution in [0, 0.1) is 0 Å². The highest BCUT2D eigenvalue weighted by Crippen LogP contribution is 2.29. The summed E-state index contributed by atoms with van der Waals surface area (Å²) in [6, 6.07) is 5.71. The third-order valence-electron chi connectivity index (χ3n) is 2.78. The number of hydrogen-bond acceptors (Lipinski definition) is 4. The quantitative estimate of drug-likeness (QED) is 0.902. The highest BCUT2D eigenvalue weighted by Gasteiger charge is 2.30. The van der Waals surface area contributed by atoms with Crippen molar-refractivity contribution in [1.29, 1.82) is 0 Å². The number of amides is 1. The van der Waals surface area contributed by atoms with Crippen LogP contribution in [-0.4, -0.2) is 21.9 Å². The number of carbonyl (C=O) groups is 1. The Bertz CT molecular complexity index is 684. The molecule has 0 aliphatic rings. The maximum absolute atomic E-state index is 12.5. The van der Waals surface area contributed by atoms with Gasteiger partial charge in [0.15, 0.2) is 0 Å². The molecule has 0 aliphatic carbocycles. The van der Waals surface area contributed by atoms with Crippen LogP contribution < -0.4 is 10.6 Å². The second kappa shape index (κ2) is 6.64. The second-order valence-electron chi connectivity index (χ2n) is 5.09. The number of carbonyl (C=O) groups excluding carboxylic acids is 1. The molecule has 0 fully saturated rings. The van der Waals surface area contributed by atoms with Gasteiger partial charge in [0.1, 0.15) is 5.69 Å². The van der Waals surface area contributed by atoms with E-state index in [1.807, 2.05) is 13.8 Å². The van der Waals surface area contributed by atoms with Crippen molar-refractivity contribution in [3.8, 4) is 0 Å². The van der Waals surface area contributed by atoms with Gasteiger partial charge in [-0.05, 0) is 44.2 Å². The van der Waals surface area contributed by atoms with Crippen LogP contribution in [0.4, 0.5) is 24.8 Å². The molecule has 2 rings (SSSR count). The smallest absolute Gasteiger partial charge is 0.352 e. The largest absolute Gasteiger partial charge is 0.416 e. The Hall–Kier alpha value is -2.64. The van der Waals surface area contributed by atoms with Crippen LogP contribution in [0.15, 0.2) is 36.5 Å². The Morgan fingerprint density at radius 2 is 1.78 bits per heavy atom. The third kappa shape index (κ3) is 4.67. The van der Waals surface area contributed by atoms with Gasteiger partial charge in [-0.25, -0.2) is 9.97 Å². The molecule has 0 radical (unpaired) electrons. The molecule has 0 saturated carbocycles. The number of nitrogens with one attached hydrogen (secondary N) is 2. The van der Waals surface area contributed by atoms with Gasteiger partial charge in [-0.1, -0.05) is 0 Å². The van der Waals surface area contributed by atoms with Crippen LogP contribution in [0.25, 0.3) is 0 Å². The lowest BCUT2D eigenvalue weighted by Crippen LogP contribution is -2.17. The molecule has 0 saturated heterocycles. The van der Waals surface area contributed by atoms with Gasteiger partial charge < -0.3 is 10.6 Å². The molecule has 0 spiro atoms. The number of halogens is 3. The lowest BCUT2D eigenvalue weighted by molar-refractivity contribution is -0.137. The molecule has 122 valence electrons. The van der Waals surface area contributed by atoms with E-state index in [0.29, 0.717) is 5.95 Å². The highest BCUT2D eigenvalue weighted by atomic mass is 19.4. The number of anilines is 2. The van der Waals surface area contributed by atoms with Crippen LogP contribution in [0.2, 0.25) is 0 Å². The van der Waals surface area contributed by atoms with Crippen molar-refractivity contribution in [2.45, 2.75) is 26.1 Å². The topological polar surface area (TPSA) is 66.9 Å². The summed E-state index contributed by atoms with van der Waals surface area (Å²) in [5, 5.41) is 5.45. The Labute approximate surface area is 131 Å². The van der Waals surface area contributed by atoms with Crippen LogP contribution in [0.3, 0.4) is 0 Å². The van der Waals surface area contributed by atoms with E-state index in [9.17, 15) is 18.0 Å². The molecule has 1 amide bonds. The molecule has 1 aromatic heterocycles. The first-order valence-electron chi connectivity index (χ1n) is 6.84. The minimum absolute atomic E-state index is 0.100. The number of aromatic nitrogens is 2. The lowest BCUT2D eigenvalue weighted by atomic mass is 10.2. The number of nitrogens with zero attached hydrogens (tertiary/aromatic N) is 2. The maximum Gasteiger partial charge on any atom is 0.416 e. The Balaban J connectivity index is 2.10. The SMILES string of the molecule is CC(C)Nc1nccc(C(=O)Nc2ccc(C(F)(F)F)cc2)n1. The van der Waals surface area contributed by atoms with E-state index in [1.54, 1.807) is 0 Å². The van der Waals surface area contributed by atoms with E-state index in [1.165, 1.54) is 24.4 Å². The van der Waals surface area contributed by atoms with E-state index in [2.05, 4.69) is 20.6 Å². The van der Waals surface area contributed by atoms with E-state index in [-0.39, 0.29) is 17.4 Å². The number of hydrogen-bond donors (Lipinski definition) is 2. The Morgan fingerprint density at radius 1 is 1.13 bits per heavy atom. The molecule has 2 aromatic rings. The highest BCUT2D eigenvalue weighted by molar-refractivity contribution is 6.02. The Morgan fingerprint density at radius 3 is 2.35 bits per heavy atom. The second-order valence-corrected chi connectivity index (χ2v) is 5.09. The molecule has 2 N–H and O–H groups in total. The van der Waals surface area contributed by atoms with E-state index in [4.69, 9.17) is 0 Å². The summed E-state index contributed by atoms with van der Waals surface area (Å²) in [4.78, 5) is 20.1. The molecule has 5 nitrogen and oxygen atoms in total. The molecule has 1 heterocycles. The van der Waals surface area contributed by atoms with E-state index >= 15 is 0 Å². The fourth-order valence-corrected chi connectivity index (χ4v) is 1.75. The molecule has 1 aromatic carbocycles. The maximum atomic E-state index is 12.5. The first kappa shape index (κ1) is 16.7. The van der Waals surface area contributed by atoms with Crippen molar-refractivity contribution < 1.29 is 18.0 Å². The summed E-state index contributed by atoms with van der Waals surface area (Å²) >= 11 is 0. The summed E-state index contributed by atoms with van der Waals surface area (Å²) in [5.41, 5.74) is -0.413. The summed E-state index contributed by atoms with van der Waals surface area (Å²) in [6.45, 7) is 3.80. The van der Waals surface area contributed by atoms with Gasteiger partial charge in [-0.15, -0.1) is 0 Å². The summed E-state index contributed by atoms with van der Waals surface area (Å²) < 4.78 is 37.5. The monoisotopic (exact) mass is 324 g/mol. The van der Waals surface area contributed by atoms with Gasteiger partial charge in [0.25, 0.3) is 5.91 Å². The normalized spacial score (nSPS) is 11.4. The van der Waals surface area contributed by atoms with Crippen molar-refractivity contribution in [2.75, 3.05) is 10.6 Å². The van der Waals surface area contributed by atoms with E-state index < -0.39 is 17.6 Å². The summed E-state index contributed by atoms with van der Waals surface area (Å²) in [7, 11) is 0. The van der Waals surface area contributed by atoms with Gasteiger partial charge in [0, 0.05) is 17.9 Å². The first-order chi connectivity index (χ1) is 10.8. The van der Waals surface area contributed by atoms with Gasteiger partial charge >= 0.3 is 6.18 Å². The van der Waals surface area contributed by atoms with Gasteiger partial charge in [0.05, 0.1) is 5.56 Å². The van der Waals surface area contributed by atoms with Crippen molar-refractivity contribution in [3.05, 3.63) is 47.8 Å². The van der Waals surface area contributed by atoms with Crippen LogP contribution in [0.5, 0.6) is 0 Å². The Kier molecular flexibility index (Phi) is 4.83. The van der Waals surface area contributed by atoms with Gasteiger partial charge in [0.2, 0.25) is 5.95 Å². The molecular weight excluding hydrogens is 309 g/mol. The standard InChI is InChI=1S/C15H15F3N4O/c1-9(2)20-14-19-8-7-12(22-14)13(23)21-11-5-3-10(4-6-11)15(16,17)18/h3-9H,1-2H3,(H,21,23)(H,19,20,22). The van der Waals surface area contributed by atoms with Crippen molar-refractivity contribution in [3.63, 3.8) is 0 Å². The van der Waals surface area contributed by atoms with Crippen LogP contribution in [-0.2, 0) is 6.18 Å². The predicted molar refractivity (Wildman–Crippen MR) is 80.2 cm³/mol. The lowest BCUT2D eigenvalue weighted by Gasteiger charge is -2.10. The zero-order chi connectivity index (χ0) is 17.0. The first-order valence-corrected chi connectivity index (χ1v) is 6.84. The van der Waals surface area contributed by atoms with Crippen molar-refractivity contribution in [1.82, 2.24) is 9.97 Å². The number of alkyl halides is 3. The number of benzene rings is 1. The molecule has 0 unspecified atom stereocenters. The average Bonchev–Trinajstić information content (AvgIpc) is 2.46. The number of rotatable bonds is 4.